The first-order chi connectivity index (χ1) is 18.1. The van der Waals surface area contributed by atoms with Gasteiger partial charge in [-0.25, -0.2) is 4.98 Å². The van der Waals surface area contributed by atoms with Crippen molar-refractivity contribution in [2.45, 2.75) is 31.6 Å². The molecule has 2 aliphatic rings. The van der Waals surface area contributed by atoms with E-state index in [1.807, 2.05) is 76.3 Å². The summed E-state index contributed by atoms with van der Waals surface area (Å²) in [6.45, 7) is 1.69. The van der Waals surface area contributed by atoms with Crippen molar-refractivity contribution < 1.29 is 9.53 Å². The maximum Gasteiger partial charge on any atom is 0.240 e. The number of carbonyl (C=O) groups is 1. The highest BCUT2D eigenvalue weighted by Crippen LogP contribution is 2.36. The van der Waals surface area contributed by atoms with Crippen molar-refractivity contribution in [3.63, 3.8) is 0 Å². The molecule has 0 aliphatic carbocycles. The molecule has 1 amide bonds. The number of rotatable bonds is 1. The lowest BCUT2D eigenvalue weighted by Gasteiger charge is -2.30. The normalized spacial score (nSPS) is 19.1. The third-order valence-corrected chi connectivity index (χ3v) is 7.20. The molecule has 8 heteroatoms. The van der Waals surface area contributed by atoms with Crippen molar-refractivity contribution in [2.24, 2.45) is 0 Å². The summed E-state index contributed by atoms with van der Waals surface area (Å²) in [6, 6.07) is 22.6. The molecule has 0 radical (unpaired) electrons. The van der Waals surface area contributed by atoms with Gasteiger partial charge in [-0.3, -0.25) is 4.79 Å². The monoisotopic (exact) mass is 509 g/mol. The Bertz CT molecular complexity index is 1520. The predicted octanol–water partition coefficient (Wildman–Crippen LogP) is 5.04. The standard InChI is InChI=1S/C29H24ClN5O2/c30-23-5-1-3-20(12-23)28-21-4-2-6-25(13-21)37-27-11-19(7-8-22(27)14-31)17-34-18-32-15-24(34)16-33-26-9-10-35(28)29(26)36/h1-8,11-13,15,18,26,28,33H,9-10,16-17H2/t26-,28+/m1/s1. The molecule has 0 spiro atoms. The van der Waals surface area contributed by atoms with Gasteiger partial charge in [0.25, 0.3) is 0 Å². The number of nitriles is 1. The third kappa shape index (κ3) is 4.57. The zero-order valence-corrected chi connectivity index (χ0v) is 20.7. The van der Waals surface area contributed by atoms with Gasteiger partial charge in [0.2, 0.25) is 5.91 Å². The van der Waals surface area contributed by atoms with E-state index in [0.29, 0.717) is 48.1 Å². The first-order valence-corrected chi connectivity index (χ1v) is 12.6. The van der Waals surface area contributed by atoms with Crippen molar-refractivity contribution in [1.29, 1.82) is 5.26 Å². The van der Waals surface area contributed by atoms with Crippen LogP contribution in [-0.2, 0) is 17.9 Å². The molecule has 1 aromatic heterocycles. The van der Waals surface area contributed by atoms with Gasteiger partial charge < -0.3 is 19.5 Å². The van der Waals surface area contributed by atoms with E-state index in [4.69, 9.17) is 16.3 Å². The minimum atomic E-state index is -0.332. The van der Waals surface area contributed by atoms with Gasteiger partial charge in [-0.15, -0.1) is 0 Å². The van der Waals surface area contributed by atoms with E-state index in [9.17, 15) is 10.1 Å². The molecule has 3 aromatic carbocycles. The Morgan fingerprint density at radius 2 is 1.92 bits per heavy atom. The second-order valence-corrected chi connectivity index (χ2v) is 9.78. The number of benzene rings is 3. The SMILES string of the molecule is N#Cc1ccc2cc1Oc1cccc(c1)[C@H](c1cccc(Cl)c1)N1CC[C@@H](NCc3cncn3C2)C1=O. The molecule has 6 rings (SSSR count). The molecule has 7 nitrogen and oxygen atoms in total. The lowest BCUT2D eigenvalue weighted by Crippen LogP contribution is -2.40. The number of nitrogens with zero attached hydrogens (tertiary/aromatic N) is 4. The number of hydrogen-bond donors (Lipinski definition) is 1. The fraction of sp³-hybridized carbons (Fsp3) is 0.207. The fourth-order valence-electron chi connectivity index (χ4n) is 5.16. The van der Waals surface area contributed by atoms with Crippen molar-refractivity contribution in [1.82, 2.24) is 19.8 Å². The second kappa shape index (κ2) is 9.74. The van der Waals surface area contributed by atoms with Crippen molar-refractivity contribution in [3.05, 3.63) is 112 Å². The Morgan fingerprint density at radius 1 is 1.08 bits per heavy atom. The van der Waals surface area contributed by atoms with Crippen LogP contribution in [0.25, 0.3) is 0 Å². The molecule has 1 saturated heterocycles. The van der Waals surface area contributed by atoms with E-state index in [0.717, 1.165) is 22.4 Å². The summed E-state index contributed by atoms with van der Waals surface area (Å²) in [7, 11) is 0. The van der Waals surface area contributed by atoms with Gasteiger partial charge >= 0.3 is 0 Å². The summed E-state index contributed by atoms with van der Waals surface area (Å²) in [4.78, 5) is 19.9. The number of hydrogen-bond acceptors (Lipinski definition) is 5. The van der Waals surface area contributed by atoms with Crippen molar-refractivity contribution in [3.8, 4) is 17.6 Å². The molecule has 0 unspecified atom stereocenters. The Balaban J connectivity index is 1.48. The molecular weight excluding hydrogens is 486 g/mol. The smallest absolute Gasteiger partial charge is 0.240 e. The average Bonchev–Trinajstić information content (AvgIpc) is 3.49. The lowest BCUT2D eigenvalue weighted by molar-refractivity contribution is -0.130. The van der Waals surface area contributed by atoms with Crippen LogP contribution >= 0.6 is 11.6 Å². The minimum absolute atomic E-state index is 0.0476. The number of ether oxygens (including phenoxy) is 1. The maximum atomic E-state index is 13.7. The number of fused-ring (bicyclic) bond motifs is 7. The molecule has 0 saturated carbocycles. The zero-order valence-electron chi connectivity index (χ0n) is 20.0. The van der Waals surface area contributed by atoms with Gasteiger partial charge in [0.15, 0.2) is 0 Å². The largest absolute Gasteiger partial charge is 0.456 e. The third-order valence-electron chi connectivity index (χ3n) is 6.97. The Labute approximate surface area is 219 Å². The Morgan fingerprint density at radius 3 is 2.76 bits per heavy atom. The highest BCUT2D eigenvalue weighted by Gasteiger charge is 2.37. The second-order valence-electron chi connectivity index (χ2n) is 9.34. The van der Waals surface area contributed by atoms with Crippen molar-refractivity contribution >= 4 is 17.5 Å². The number of carbonyl (C=O) groups excluding carboxylic acids is 1. The topological polar surface area (TPSA) is 83.2 Å². The number of aromatic nitrogens is 2. The average molecular weight is 510 g/mol. The summed E-state index contributed by atoms with van der Waals surface area (Å²) < 4.78 is 8.31. The summed E-state index contributed by atoms with van der Waals surface area (Å²) in [5.41, 5.74) is 4.25. The molecule has 3 heterocycles. The summed E-state index contributed by atoms with van der Waals surface area (Å²) in [5.74, 6) is 1.13. The molecule has 2 atom stereocenters. The van der Waals surface area contributed by atoms with Gasteiger partial charge in [0, 0.05) is 30.9 Å². The molecule has 1 fully saturated rings. The van der Waals surface area contributed by atoms with Gasteiger partial charge in [0.05, 0.1) is 29.7 Å². The van der Waals surface area contributed by atoms with Crippen LogP contribution < -0.4 is 10.1 Å². The first kappa shape index (κ1) is 23.3. The maximum absolute atomic E-state index is 13.7. The summed E-state index contributed by atoms with van der Waals surface area (Å²) >= 11 is 6.37. The highest BCUT2D eigenvalue weighted by molar-refractivity contribution is 6.30. The van der Waals surface area contributed by atoms with Crippen LogP contribution in [0.3, 0.4) is 0 Å². The van der Waals surface area contributed by atoms with Crippen LogP contribution in [-0.4, -0.2) is 32.9 Å². The first-order valence-electron chi connectivity index (χ1n) is 12.2. The number of nitrogens with one attached hydrogen (secondary N) is 1. The van der Waals surface area contributed by atoms with Crippen molar-refractivity contribution in [2.75, 3.05) is 6.54 Å². The predicted molar refractivity (Wildman–Crippen MR) is 139 cm³/mol. The van der Waals surface area contributed by atoms with Gasteiger partial charge in [-0.1, -0.05) is 41.9 Å². The molecule has 6 bridgehead atoms. The quantitative estimate of drug-likeness (QED) is 0.388. The summed E-state index contributed by atoms with van der Waals surface area (Å²) in [6.07, 6.45) is 4.29. The highest BCUT2D eigenvalue weighted by atomic mass is 35.5. The van der Waals surface area contributed by atoms with Crippen LogP contribution in [0.2, 0.25) is 5.02 Å². The fourth-order valence-corrected chi connectivity index (χ4v) is 5.35. The van der Waals surface area contributed by atoms with Crippen LogP contribution in [0.1, 0.15) is 40.4 Å². The molecule has 184 valence electrons. The number of amides is 1. The van der Waals surface area contributed by atoms with E-state index in [1.54, 1.807) is 12.4 Å². The molecule has 1 N–H and O–H groups in total. The Kier molecular flexibility index (Phi) is 6.13. The molecule has 37 heavy (non-hydrogen) atoms. The van der Waals surface area contributed by atoms with Gasteiger partial charge in [0.1, 0.15) is 17.6 Å². The number of imidazole rings is 1. The lowest BCUT2D eigenvalue weighted by atomic mass is 9.97. The molecule has 2 aliphatic heterocycles. The molecular formula is C29H24ClN5O2. The van der Waals surface area contributed by atoms with Gasteiger partial charge in [-0.2, -0.15) is 5.26 Å². The number of halogens is 1. The molecule has 4 aromatic rings. The van der Waals surface area contributed by atoms with E-state index in [-0.39, 0.29) is 18.0 Å². The van der Waals surface area contributed by atoms with Crippen LogP contribution in [0, 0.1) is 11.3 Å². The van der Waals surface area contributed by atoms with Crippen LogP contribution in [0.4, 0.5) is 0 Å². The zero-order chi connectivity index (χ0) is 25.4. The van der Waals surface area contributed by atoms with E-state index < -0.39 is 0 Å². The summed E-state index contributed by atoms with van der Waals surface area (Å²) in [5, 5.41) is 13.8. The van der Waals surface area contributed by atoms with Gasteiger partial charge in [-0.05, 0) is 59.5 Å². The minimum Gasteiger partial charge on any atom is -0.456 e. The van der Waals surface area contributed by atoms with Crippen LogP contribution in [0.15, 0.2) is 79.3 Å². The van der Waals surface area contributed by atoms with E-state index in [2.05, 4.69) is 16.4 Å². The van der Waals surface area contributed by atoms with E-state index >= 15 is 0 Å². The van der Waals surface area contributed by atoms with E-state index in [1.165, 1.54) is 0 Å². The Hall–Kier alpha value is -4.12. The van der Waals surface area contributed by atoms with Crippen LogP contribution in [0.5, 0.6) is 11.5 Å².